The Balaban J connectivity index is 1.71. The minimum atomic E-state index is -0.776. The van der Waals surface area contributed by atoms with Crippen molar-refractivity contribution in [3.63, 3.8) is 0 Å². The lowest BCUT2D eigenvalue weighted by molar-refractivity contribution is -0.117. The summed E-state index contributed by atoms with van der Waals surface area (Å²) in [6.07, 6.45) is 0.840. The first-order valence-corrected chi connectivity index (χ1v) is 14.0. The second kappa shape index (κ2) is 13.5. The number of nitroso groups, excluding NO2 is 1. The van der Waals surface area contributed by atoms with Crippen LogP contribution in [0, 0.1) is 24.7 Å². The van der Waals surface area contributed by atoms with Crippen molar-refractivity contribution >= 4 is 11.8 Å². The topological polar surface area (TPSA) is 84.8 Å². The molecule has 0 heterocycles. The molecule has 3 rings (SSSR count). The van der Waals surface area contributed by atoms with Crippen LogP contribution in [0.25, 0.3) is 11.1 Å². The van der Waals surface area contributed by atoms with Crippen LogP contribution in [0.15, 0.2) is 65.8 Å². The van der Waals surface area contributed by atoms with Crippen molar-refractivity contribution in [1.29, 1.82) is 0 Å². The summed E-state index contributed by atoms with van der Waals surface area (Å²) < 4.78 is 6.36. The number of hydrogen-bond donors (Lipinski definition) is 1. The van der Waals surface area contributed by atoms with Gasteiger partial charge in [0, 0.05) is 29.6 Å². The molecule has 1 N–H and O–H groups in total. The summed E-state index contributed by atoms with van der Waals surface area (Å²) in [4.78, 5) is 33.6. The van der Waals surface area contributed by atoms with E-state index in [1.807, 2.05) is 12.1 Å². The summed E-state index contributed by atoms with van der Waals surface area (Å²) in [7, 11) is 0. The van der Waals surface area contributed by atoms with Gasteiger partial charge in [-0.3, -0.25) is 9.59 Å². The molecule has 3 aromatic rings. The van der Waals surface area contributed by atoms with E-state index < -0.39 is 5.91 Å². The first kappa shape index (κ1) is 30.7. The summed E-state index contributed by atoms with van der Waals surface area (Å²) in [5, 5.41) is 4.98. The maximum absolute atomic E-state index is 12.4. The van der Waals surface area contributed by atoms with Crippen LogP contribution in [0.4, 0.5) is 0 Å². The first-order chi connectivity index (χ1) is 18.9. The molecule has 0 fully saturated rings. The minimum Gasteiger partial charge on any atom is -0.493 e. The number of aryl methyl sites for hydroxylation is 2. The molecule has 0 radical (unpaired) electrons. The summed E-state index contributed by atoms with van der Waals surface area (Å²) in [5.41, 5.74) is 7.86. The SMILES string of the molecule is Cc1cc(OCC(CC(C)C)c2ccc(C(=O)NCCC(=O)N=O)cc2)cc(C)c1-c1ccc(C(C)(C)C)cc1. The Labute approximate surface area is 238 Å². The van der Waals surface area contributed by atoms with Gasteiger partial charge >= 0.3 is 0 Å². The lowest BCUT2D eigenvalue weighted by atomic mass is 9.85. The molecular formula is C34H42N2O4. The predicted octanol–water partition coefficient (Wildman–Crippen LogP) is 7.89. The third kappa shape index (κ3) is 8.35. The number of ether oxygens (including phenoxy) is 1. The Morgan fingerprint density at radius 2 is 1.52 bits per heavy atom. The molecule has 0 bridgehead atoms. The summed E-state index contributed by atoms with van der Waals surface area (Å²) >= 11 is 0. The molecule has 212 valence electrons. The smallest absolute Gasteiger partial charge is 0.288 e. The summed E-state index contributed by atoms with van der Waals surface area (Å²) in [5.74, 6) is 0.429. The molecule has 40 heavy (non-hydrogen) atoms. The first-order valence-electron chi connectivity index (χ1n) is 14.0. The fraction of sp³-hybridized carbons (Fsp3) is 0.412. The van der Waals surface area contributed by atoms with Crippen molar-refractivity contribution in [2.45, 2.75) is 72.6 Å². The van der Waals surface area contributed by atoms with Gasteiger partial charge in [0.1, 0.15) is 5.75 Å². The largest absolute Gasteiger partial charge is 0.493 e. The van der Waals surface area contributed by atoms with Crippen LogP contribution in [0.3, 0.4) is 0 Å². The molecule has 0 saturated heterocycles. The van der Waals surface area contributed by atoms with Gasteiger partial charge in [0.2, 0.25) is 0 Å². The van der Waals surface area contributed by atoms with Gasteiger partial charge in [0.05, 0.1) is 6.61 Å². The number of amides is 2. The zero-order valence-corrected chi connectivity index (χ0v) is 24.8. The van der Waals surface area contributed by atoms with Crippen LogP contribution >= 0.6 is 0 Å². The number of nitrogens with zero attached hydrogens (tertiary/aromatic N) is 1. The van der Waals surface area contributed by atoms with Gasteiger partial charge < -0.3 is 10.1 Å². The van der Waals surface area contributed by atoms with E-state index in [0.717, 1.165) is 17.7 Å². The highest BCUT2D eigenvalue weighted by atomic mass is 16.5. The minimum absolute atomic E-state index is 0.0782. The monoisotopic (exact) mass is 542 g/mol. The summed E-state index contributed by atoms with van der Waals surface area (Å²) in [6, 6.07) is 20.6. The normalized spacial score (nSPS) is 12.2. The molecule has 0 aliphatic rings. The van der Waals surface area contributed by atoms with Crippen LogP contribution < -0.4 is 10.1 Å². The van der Waals surface area contributed by atoms with E-state index in [2.05, 4.69) is 95.4 Å². The number of rotatable bonds is 11. The highest BCUT2D eigenvalue weighted by Crippen LogP contribution is 2.34. The average molecular weight is 543 g/mol. The predicted molar refractivity (Wildman–Crippen MR) is 162 cm³/mol. The Bertz CT molecular complexity index is 1300. The molecule has 0 aromatic heterocycles. The number of hydrogen-bond acceptors (Lipinski definition) is 4. The van der Waals surface area contributed by atoms with E-state index in [-0.39, 0.29) is 30.2 Å². The zero-order chi connectivity index (χ0) is 29.4. The Kier molecular flexibility index (Phi) is 10.4. The molecule has 0 spiro atoms. The number of carbonyl (C=O) groups is 2. The van der Waals surface area contributed by atoms with Crippen LogP contribution in [-0.2, 0) is 10.2 Å². The molecule has 0 saturated carbocycles. The zero-order valence-electron chi connectivity index (χ0n) is 24.8. The van der Waals surface area contributed by atoms with E-state index in [0.29, 0.717) is 18.1 Å². The molecule has 1 atom stereocenters. The molecule has 6 heteroatoms. The summed E-state index contributed by atoms with van der Waals surface area (Å²) in [6.45, 7) is 15.9. The van der Waals surface area contributed by atoms with Crippen LogP contribution in [0.2, 0.25) is 0 Å². The Morgan fingerprint density at radius 1 is 0.925 bits per heavy atom. The van der Waals surface area contributed by atoms with Gasteiger partial charge in [-0.1, -0.05) is 71.0 Å². The maximum atomic E-state index is 12.4. The molecule has 1 unspecified atom stereocenters. The van der Waals surface area contributed by atoms with Crippen LogP contribution in [0.5, 0.6) is 5.75 Å². The van der Waals surface area contributed by atoms with E-state index in [9.17, 15) is 14.5 Å². The lowest BCUT2D eigenvalue weighted by Crippen LogP contribution is -2.25. The van der Waals surface area contributed by atoms with Gasteiger partial charge in [-0.05, 0) is 89.2 Å². The standard InChI is InChI=1S/C34H42N2O4/c1-22(2)18-28(25-8-10-27(11-9-25)33(38)35-17-16-31(37)36-39)21-40-30-19-23(3)32(24(4)20-30)26-12-14-29(15-13-26)34(5,6)7/h8-15,19-20,22,28H,16-18,21H2,1-7H3,(H,35,38). The van der Waals surface area contributed by atoms with Gasteiger partial charge in [-0.15, -0.1) is 4.91 Å². The van der Waals surface area contributed by atoms with Gasteiger partial charge in [-0.25, -0.2) is 0 Å². The molecule has 2 amide bonds. The fourth-order valence-corrected chi connectivity index (χ4v) is 5.00. The number of benzene rings is 3. The Hall–Kier alpha value is -3.80. The third-order valence-electron chi connectivity index (χ3n) is 7.12. The van der Waals surface area contributed by atoms with E-state index >= 15 is 0 Å². The van der Waals surface area contributed by atoms with E-state index in [1.54, 1.807) is 12.1 Å². The molecule has 0 aliphatic heterocycles. The second-order valence-electron chi connectivity index (χ2n) is 12.0. The fourth-order valence-electron chi connectivity index (χ4n) is 5.00. The van der Waals surface area contributed by atoms with Crippen molar-refractivity contribution < 1.29 is 14.3 Å². The highest BCUT2D eigenvalue weighted by Gasteiger charge is 2.18. The lowest BCUT2D eigenvalue weighted by Gasteiger charge is -2.22. The van der Waals surface area contributed by atoms with Crippen LogP contribution in [-0.4, -0.2) is 25.0 Å². The second-order valence-corrected chi connectivity index (χ2v) is 12.0. The molecular weight excluding hydrogens is 500 g/mol. The van der Waals surface area contributed by atoms with Gasteiger partial charge in [0.25, 0.3) is 11.8 Å². The molecule has 3 aromatic carbocycles. The van der Waals surface area contributed by atoms with Crippen molar-refractivity contribution in [2.24, 2.45) is 11.1 Å². The van der Waals surface area contributed by atoms with E-state index in [4.69, 9.17) is 4.74 Å². The van der Waals surface area contributed by atoms with Gasteiger partial charge in [0.15, 0.2) is 0 Å². The quantitative estimate of drug-likeness (QED) is 0.250. The Morgan fingerprint density at radius 3 is 2.05 bits per heavy atom. The van der Waals surface area contributed by atoms with Crippen molar-refractivity contribution in [1.82, 2.24) is 5.32 Å². The van der Waals surface area contributed by atoms with E-state index in [1.165, 1.54) is 27.8 Å². The van der Waals surface area contributed by atoms with Crippen molar-refractivity contribution in [3.05, 3.63) is 93.4 Å². The molecule has 0 aliphatic carbocycles. The van der Waals surface area contributed by atoms with Gasteiger partial charge in [-0.2, -0.15) is 0 Å². The number of nitrogens with one attached hydrogen (secondary N) is 1. The third-order valence-corrected chi connectivity index (χ3v) is 7.12. The van der Waals surface area contributed by atoms with Crippen LogP contribution in [0.1, 0.15) is 86.0 Å². The van der Waals surface area contributed by atoms with Crippen molar-refractivity contribution in [2.75, 3.05) is 13.2 Å². The maximum Gasteiger partial charge on any atom is 0.288 e. The van der Waals surface area contributed by atoms with Crippen molar-refractivity contribution in [3.8, 4) is 16.9 Å². The average Bonchev–Trinajstić information content (AvgIpc) is 2.90. The number of carbonyl (C=O) groups excluding carboxylic acids is 2. The highest BCUT2D eigenvalue weighted by molar-refractivity contribution is 5.94. The molecule has 6 nitrogen and oxygen atoms in total.